The minimum Gasteiger partial charge on any atom is -0.241 e. The van der Waals surface area contributed by atoms with Crippen LogP contribution in [0.4, 0.5) is 13.2 Å². The van der Waals surface area contributed by atoms with Gasteiger partial charge in [-0.3, -0.25) is 0 Å². The maximum absolute atomic E-state index is 12.6. The van der Waals surface area contributed by atoms with Crippen LogP contribution in [-0.2, 0) is 11.9 Å². The Morgan fingerprint density at radius 3 is 2.61 bits per heavy atom. The molecule has 0 saturated carbocycles. The highest BCUT2D eigenvalue weighted by atomic mass is 32.2. The molecule has 3 rings (SSSR count). The van der Waals surface area contributed by atoms with Crippen LogP contribution in [0.15, 0.2) is 60.1 Å². The Balaban J connectivity index is 1.69. The number of para-hydroxylation sites is 1. The Hall–Kier alpha value is -2.35. The Kier molecular flexibility index (Phi) is 4.33. The van der Waals surface area contributed by atoms with Crippen molar-refractivity contribution in [3.63, 3.8) is 0 Å². The fourth-order valence-electron chi connectivity index (χ4n) is 1.87. The molecule has 118 valence electrons. The summed E-state index contributed by atoms with van der Waals surface area (Å²) >= 11 is 1.14. The highest BCUT2D eigenvalue weighted by Crippen LogP contribution is 2.29. The number of halogens is 3. The van der Waals surface area contributed by atoms with E-state index >= 15 is 0 Å². The lowest BCUT2D eigenvalue weighted by Gasteiger charge is -2.06. The molecule has 0 amide bonds. The topological polar surface area (TPSA) is 43.6 Å². The molecule has 0 aliphatic rings. The molecule has 2 heterocycles. The third-order valence-corrected chi connectivity index (χ3v) is 3.88. The highest BCUT2D eigenvalue weighted by molar-refractivity contribution is 7.98. The van der Waals surface area contributed by atoms with Gasteiger partial charge in [-0.2, -0.15) is 18.3 Å². The first-order chi connectivity index (χ1) is 11.0. The van der Waals surface area contributed by atoms with Gasteiger partial charge in [0.05, 0.1) is 11.9 Å². The van der Waals surface area contributed by atoms with E-state index < -0.39 is 11.9 Å². The second kappa shape index (κ2) is 6.41. The molecule has 0 radical (unpaired) electrons. The Morgan fingerprint density at radius 2 is 1.87 bits per heavy atom. The van der Waals surface area contributed by atoms with Crippen LogP contribution >= 0.6 is 11.8 Å². The summed E-state index contributed by atoms with van der Waals surface area (Å²) in [6, 6.07) is 10.4. The van der Waals surface area contributed by atoms with E-state index in [1.807, 2.05) is 36.5 Å². The predicted molar refractivity (Wildman–Crippen MR) is 80.2 cm³/mol. The van der Waals surface area contributed by atoms with Crippen molar-refractivity contribution in [3.8, 4) is 5.69 Å². The largest absolute Gasteiger partial charge is 0.433 e. The van der Waals surface area contributed by atoms with Crippen molar-refractivity contribution < 1.29 is 13.2 Å². The zero-order valence-electron chi connectivity index (χ0n) is 11.7. The Morgan fingerprint density at radius 1 is 1.09 bits per heavy atom. The zero-order valence-corrected chi connectivity index (χ0v) is 12.6. The summed E-state index contributed by atoms with van der Waals surface area (Å²) in [6.45, 7) is 0. The molecular weight excluding hydrogens is 325 g/mol. The van der Waals surface area contributed by atoms with Crippen LogP contribution in [0.3, 0.4) is 0 Å². The van der Waals surface area contributed by atoms with Crippen LogP contribution in [0.1, 0.15) is 11.3 Å². The summed E-state index contributed by atoms with van der Waals surface area (Å²) < 4.78 is 39.5. The predicted octanol–water partition coefficient (Wildman–Crippen LogP) is 3.97. The van der Waals surface area contributed by atoms with Crippen LogP contribution < -0.4 is 0 Å². The van der Waals surface area contributed by atoms with Crippen molar-refractivity contribution in [1.82, 2.24) is 19.7 Å². The first-order valence-corrected chi connectivity index (χ1v) is 7.63. The summed E-state index contributed by atoms with van der Waals surface area (Å²) in [4.78, 5) is 7.38. The van der Waals surface area contributed by atoms with Crippen molar-refractivity contribution >= 4 is 11.8 Å². The fraction of sp³-hybridized carbons (Fsp3) is 0.133. The first kappa shape index (κ1) is 15.5. The molecule has 8 heteroatoms. The van der Waals surface area contributed by atoms with E-state index in [0.717, 1.165) is 35.3 Å². The standard InChI is InChI=1S/C15H11F3N4S/c16-15(17,18)13-6-7-19-14(21-13)23-10-11-8-20-22(9-11)12-4-2-1-3-5-12/h1-9H,10H2. The van der Waals surface area contributed by atoms with E-state index in [2.05, 4.69) is 15.1 Å². The number of hydrogen-bond acceptors (Lipinski definition) is 4. The van der Waals surface area contributed by atoms with Crippen molar-refractivity contribution in [2.24, 2.45) is 0 Å². The summed E-state index contributed by atoms with van der Waals surface area (Å²) in [5.41, 5.74) is 0.855. The molecule has 0 aliphatic carbocycles. The third kappa shape index (κ3) is 3.89. The molecule has 0 saturated heterocycles. The Labute approximate surface area is 134 Å². The van der Waals surface area contributed by atoms with E-state index in [1.54, 1.807) is 10.9 Å². The van der Waals surface area contributed by atoms with Gasteiger partial charge in [0.2, 0.25) is 0 Å². The van der Waals surface area contributed by atoms with Crippen LogP contribution in [0.5, 0.6) is 0 Å². The average Bonchev–Trinajstić information content (AvgIpc) is 3.02. The number of hydrogen-bond donors (Lipinski definition) is 0. The lowest BCUT2D eigenvalue weighted by molar-refractivity contribution is -0.141. The molecule has 2 aromatic heterocycles. The van der Waals surface area contributed by atoms with Crippen LogP contribution in [0, 0.1) is 0 Å². The van der Waals surface area contributed by atoms with Gasteiger partial charge in [-0.25, -0.2) is 14.6 Å². The van der Waals surface area contributed by atoms with E-state index in [9.17, 15) is 13.2 Å². The average molecular weight is 336 g/mol. The molecule has 0 fully saturated rings. The zero-order chi connectivity index (χ0) is 16.3. The second-order valence-electron chi connectivity index (χ2n) is 4.64. The minimum absolute atomic E-state index is 0.0901. The van der Waals surface area contributed by atoms with Crippen LogP contribution in [-0.4, -0.2) is 19.7 Å². The summed E-state index contributed by atoms with van der Waals surface area (Å²) in [6.07, 6.45) is 0.158. The van der Waals surface area contributed by atoms with Crippen molar-refractivity contribution in [2.45, 2.75) is 17.1 Å². The number of alkyl halides is 3. The molecule has 4 nitrogen and oxygen atoms in total. The molecule has 0 unspecified atom stereocenters. The molecule has 0 N–H and O–H groups in total. The van der Waals surface area contributed by atoms with Crippen molar-refractivity contribution in [1.29, 1.82) is 0 Å². The number of thioether (sulfide) groups is 1. The molecule has 1 aromatic carbocycles. The monoisotopic (exact) mass is 336 g/mol. The van der Waals surface area contributed by atoms with Gasteiger partial charge in [-0.05, 0) is 18.2 Å². The smallest absolute Gasteiger partial charge is 0.241 e. The van der Waals surface area contributed by atoms with Gasteiger partial charge in [0.25, 0.3) is 0 Å². The molecule has 3 aromatic rings. The van der Waals surface area contributed by atoms with E-state index in [4.69, 9.17) is 0 Å². The molecule has 0 atom stereocenters. The van der Waals surface area contributed by atoms with E-state index in [-0.39, 0.29) is 5.16 Å². The summed E-state index contributed by atoms with van der Waals surface area (Å²) in [5, 5.41) is 4.33. The van der Waals surface area contributed by atoms with Gasteiger partial charge in [0, 0.05) is 23.7 Å². The van der Waals surface area contributed by atoms with Gasteiger partial charge >= 0.3 is 6.18 Å². The lowest BCUT2D eigenvalue weighted by atomic mass is 10.3. The molecule has 0 bridgehead atoms. The molecular formula is C15H11F3N4S. The highest BCUT2D eigenvalue weighted by Gasteiger charge is 2.32. The summed E-state index contributed by atoms with van der Waals surface area (Å²) in [5.74, 6) is 0.439. The van der Waals surface area contributed by atoms with Gasteiger partial charge in [0.1, 0.15) is 5.69 Å². The quantitative estimate of drug-likeness (QED) is 0.534. The number of aromatic nitrogens is 4. The van der Waals surface area contributed by atoms with Crippen LogP contribution in [0.2, 0.25) is 0 Å². The van der Waals surface area contributed by atoms with Gasteiger partial charge in [0.15, 0.2) is 5.16 Å². The van der Waals surface area contributed by atoms with Gasteiger partial charge in [-0.1, -0.05) is 30.0 Å². The number of nitrogens with zero attached hydrogens (tertiary/aromatic N) is 4. The lowest BCUT2D eigenvalue weighted by Crippen LogP contribution is -2.08. The summed E-state index contributed by atoms with van der Waals surface area (Å²) in [7, 11) is 0. The second-order valence-corrected chi connectivity index (χ2v) is 5.58. The fourth-order valence-corrected chi connectivity index (χ4v) is 2.62. The van der Waals surface area contributed by atoms with Crippen molar-refractivity contribution in [2.75, 3.05) is 0 Å². The Bertz CT molecular complexity index is 787. The van der Waals surface area contributed by atoms with Gasteiger partial charge in [-0.15, -0.1) is 0 Å². The first-order valence-electron chi connectivity index (χ1n) is 6.64. The minimum atomic E-state index is -4.46. The van der Waals surface area contributed by atoms with Gasteiger partial charge < -0.3 is 0 Å². The molecule has 23 heavy (non-hydrogen) atoms. The maximum atomic E-state index is 12.6. The maximum Gasteiger partial charge on any atom is 0.433 e. The molecule has 0 spiro atoms. The third-order valence-electron chi connectivity index (χ3n) is 2.95. The number of rotatable bonds is 4. The number of benzene rings is 1. The van der Waals surface area contributed by atoms with E-state index in [0.29, 0.717) is 5.75 Å². The van der Waals surface area contributed by atoms with E-state index in [1.165, 1.54) is 0 Å². The van der Waals surface area contributed by atoms with Crippen molar-refractivity contribution in [3.05, 3.63) is 66.2 Å². The van der Waals surface area contributed by atoms with Crippen LogP contribution in [0.25, 0.3) is 5.69 Å². The molecule has 0 aliphatic heterocycles. The SMILES string of the molecule is FC(F)(F)c1ccnc(SCc2cnn(-c3ccccc3)c2)n1. The normalized spacial score (nSPS) is 11.6.